The number of amides is 1. The van der Waals surface area contributed by atoms with Gasteiger partial charge in [-0.2, -0.15) is 10.4 Å². The number of nitriles is 1. The Bertz CT molecular complexity index is 797. The number of nitrogens with zero attached hydrogens (tertiary/aromatic N) is 6. The lowest BCUT2D eigenvalue weighted by molar-refractivity contribution is 0.0786. The van der Waals surface area contributed by atoms with Gasteiger partial charge in [-0.1, -0.05) is 0 Å². The van der Waals surface area contributed by atoms with Crippen LogP contribution < -0.4 is 4.90 Å². The molecule has 2 aromatic rings. The number of aromatic nitrogens is 3. The Morgan fingerprint density at radius 2 is 2.00 bits per heavy atom. The molecule has 4 heterocycles. The van der Waals surface area contributed by atoms with Crippen molar-refractivity contribution in [3.63, 3.8) is 0 Å². The van der Waals surface area contributed by atoms with E-state index >= 15 is 0 Å². The summed E-state index contributed by atoms with van der Waals surface area (Å²) >= 11 is 0. The number of fused-ring (bicyclic) bond motifs is 1. The summed E-state index contributed by atoms with van der Waals surface area (Å²) in [4.78, 5) is 20.9. The van der Waals surface area contributed by atoms with E-state index < -0.39 is 0 Å². The van der Waals surface area contributed by atoms with Crippen LogP contribution in [0.3, 0.4) is 0 Å². The minimum absolute atomic E-state index is 0.0393. The van der Waals surface area contributed by atoms with Gasteiger partial charge in [0.2, 0.25) is 0 Å². The highest BCUT2D eigenvalue weighted by molar-refractivity contribution is 5.92. The van der Waals surface area contributed by atoms with Crippen molar-refractivity contribution in [3.8, 4) is 6.07 Å². The first-order valence-electron chi connectivity index (χ1n) is 8.22. The molecule has 0 N–H and O–H groups in total. The molecule has 0 aliphatic carbocycles. The number of rotatable bonds is 2. The average Bonchev–Trinajstić information content (AvgIpc) is 3.30. The van der Waals surface area contributed by atoms with Crippen LogP contribution in [-0.4, -0.2) is 45.2 Å². The smallest absolute Gasteiger partial charge is 0.274 e. The standard InChI is InChI=1S/C17H18N6O/c18-10-13-3-4-16(19-11-13)22-7-8-23-14(12-22)9-15(20-23)17(24)21-5-1-2-6-21/h3-4,9,11H,1-2,5-8,12H2. The molecule has 0 unspecified atom stereocenters. The van der Waals surface area contributed by atoms with Crippen molar-refractivity contribution < 1.29 is 4.79 Å². The van der Waals surface area contributed by atoms with Gasteiger partial charge >= 0.3 is 0 Å². The SMILES string of the molecule is N#Cc1ccc(N2CCn3nc(C(=O)N4CCCC4)cc3C2)nc1. The zero-order valence-corrected chi connectivity index (χ0v) is 13.4. The highest BCUT2D eigenvalue weighted by Crippen LogP contribution is 2.21. The molecule has 0 aromatic carbocycles. The van der Waals surface area contributed by atoms with Crippen LogP contribution in [0.2, 0.25) is 0 Å². The Hall–Kier alpha value is -2.88. The van der Waals surface area contributed by atoms with E-state index in [1.807, 2.05) is 21.7 Å². The lowest BCUT2D eigenvalue weighted by Gasteiger charge is -2.28. The number of likely N-dealkylation sites (tertiary alicyclic amines) is 1. The second-order valence-corrected chi connectivity index (χ2v) is 6.18. The van der Waals surface area contributed by atoms with Crippen molar-refractivity contribution in [2.24, 2.45) is 0 Å². The molecule has 24 heavy (non-hydrogen) atoms. The Morgan fingerprint density at radius 3 is 2.71 bits per heavy atom. The van der Waals surface area contributed by atoms with Gasteiger partial charge in [0.15, 0.2) is 5.69 Å². The summed E-state index contributed by atoms with van der Waals surface area (Å²) in [5, 5.41) is 13.3. The van der Waals surface area contributed by atoms with Crippen molar-refractivity contribution in [3.05, 3.63) is 41.3 Å². The fraction of sp³-hybridized carbons (Fsp3) is 0.412. The third-order valence-corrected chi connectivity index (χ3v) is 4.61. The molecule has 2 aliphatic heterocycles. The van der Waals surface area contributed by atoms with Crippen molar-refractivity contribution in [1.29, 1.82) is 5.26 Å². The number of hydrogen-bond donors (Lipinski definition) is 0. The molecule has 0 spiro atoms. The lowest BCUT2D eigenvalue weighted by atomic mass is 10.2. The zero-order chi connectivity index (χ0) is 16.5. The molecule has 1 fully saturated rings. The second-order valence-electron chi connectivity index (χ2n) is 6.18. The van der Waals surface area contributed by atoms with E-state index in [4.69, 9.17) is 5.26 Å². The predicted octanol–water partition coefficient (Wildman–Crippen LogP) is 1.41. The van der Waals surface area contributed by atoms with Gasteiger partial charge in [0, 0.05) is 25.8 Å². The molecule has 0 bridgehead atoms. The molecular weight excluding hydrogens is 304 g/mol. The molecule has 122 valence electrons. The van der Waals surface area contributed by atoms with Crippen LogP contribution in [0.1, 0.15) is 34.6 Å². The number of carbonyl (C=O) groups is 1. The summed E-state index contributed by atoms with van der Waals surface area (Å²) in [5.41, 5.74) is 2.12. The normalized spacial score (nSPS) is 16.8. The van der Waals surface area contributed by atoms with Crippen LogP contribution in [-0.2, 0) is 13.1 Å². The minimum atomic E-state index is 0.0393. The van der Waals surface area contributed by atoms with E-state index in [0.717, 1.165) is 50.5 Å². The molecule has 0 radical (unpaired) electrons. The minimum Gasteiger partial charge on any atom is -0.349 e. The highest BCUT2D eigenvalue weighted by atomic mass is 16.2. The number of hydrogen-bond acceptors (Lipinski definition) is 5. The lowest BCUT2D eigenvalue weighted by Crippen LogP contribution is -2.34. The Labute approximate surface area is 140 Å². The monoisotopic (exact) mass is 322 g/mol. The van der Waals surface area contributed by atoms with Crippen LogP contribution in [0.15, 0.2) is 24.4 Å². The molecule has 0 atom stereocenters. The van der Waals surface area contributed by atoms with Crippen molar-refractivity contribution in [2.75, 3.05) is 24.5 Å². The van der Waals surface area contributed by atoms with E-state index in [1.165, 1.54) is 0 Å². The van der Waals surface area contributed by atoms with E-state index in [1.54, 1.807) is 12.3 Å². The Balaban J connectivity index is 1.52. The molecule has 4 rings (SSSR count). The van der Waals surface area contributed by atoms with E-state index in [2.05, 4.69) is 21.1 Å². The third kappa shape index (κ3) is 2.60. The molecule has 7 heteroatoms. The summed E-state index contributed by atoms with van der Waals surface area (Å²) in [6, 6.07) is 7.61. The summed E-state index contributed by atoms with van der Waals surface area (Å²) < 4.78 is 1.92. The molecule has 1 saturated heterocycles. The van der Waals surface area contributed by atoms with Crippen LogP contribution in [0.4, 0.5) is 5.82 Å². The zero-order valence-electron chi connectivity index (χ0n) is 13.4. The molecule has 0 saturated carbocycles. The highest BCUT2D eigenvalue weighted by Gasteiger charge is 2.25. The number of anilines is 1. The van der Waals surface area contributed by atoms with E-state index in [0.29, 0.717) is 17.8 Å². The quantitative estimate of drug-likeness (QED) is 0.835. The Kier molecular flexibility index (Phi) is 3.65. The van der Waals surface area contributed by atoms with Crippen molar-refractivity contribution >= 4 is 11.7 Å². The fourth-order valence-corrected chi connectivity index (χ4v) is 3.29. The van der Waals surface area contributed by atoms with Crippen LogP contribution in [0.5, 0.6) is 0 Å². The third-order valence-electron chi connectivity index (χ3n) is 4.61. The average molecular weight is 322 g/mol. The molecule has 1 amide bonds. The first-order chi connectivity index (χ1) is 11.7. The first-order valence-corrected chi connectivity index (χ1v) is 8.22. The van der Waals surface area contributed by atoms with E-state index in [-0.39, 0.29) is 5.91 Å². The van der Waals surface area contributed by atoms with Gasteiger partial charge in [0.25, 0.3) is 5.91 Å². The maximum Gasteiger partial charge on any atom is 0.274 e. The van der Waals surface area contributed by atoms with Crippen molar-refractivity contribution in [1.82, 2.24) is 19.7 Å². The van der Waals surface area contributed by atoms with Crippen LogP contribution in [0.25, 0.3) is 0 Å². The fourth-order valence-electron chi connectivity index (χ4n) is 3.29. The summed E-state index contributed by atoms with van der Waals surface area (Å²) in [6.07, 6.45) is 3.75. The van der Waals surface area contributed by atoms with Gasteiger partial charge in [-0.25, -0.2) is 4.98 Å². The number of carbonyl (C=O) groups excluding carboxylic acids is 1. The van der Waals surface area contributed by atoms with Crippen molar-refractivity contribution in [2.45, 2.75) is 25.9 Å². The maximum atomic E-state index is 12.5. The first kappa shape index (κ1) is 14.7. The van der Waals surface area contributed by atoms with Gasteiger partial charge in [-0.05, 0) is 31.0 Å². The van der Waals surface area contributed by atoms with Gasteiger partial charge in [-0.3, -0.25) is 9.48 Å². The van der Waals surface area contributed by atoms with E-state index in [9.17, 15) is 4.79 Å². The number of pyridine rings is 1. The van der Waals surface area contributed by atoms with Gasteiger partial charge in [0.1, 0.15) is 11.9 Å². The summed E-state index contributed by atoms with van der Waals surface area (Å²) in [5.74, 6) is 0.881. The topological polar surface area (TPSA) is 78.0 Å². The second kappa shape index (κ2) is 5.96. The Morgan fingerprint density at radius 1 is 1.17 bits per heavy atom. The van der Waals surface area contributed by atoms with Gasteiger partial charge < -0.3 is 9.80 Å². The molecule has 7 nitrogen and oxygen atoms in total. The summed E-state index contributed by atoms with van der Waals surface area (Å²) in [6.45, 7) is 3.85. The van der Waals surface area contributed by atoms with Crippen LogP contribution in [0, 0.1) is 11.3 Å². The van der Waals surface area contributed by atoms with Gasteiger partial charge in [0.05, 0.1) is 24.3 Å². The molecule has 2 aliphatic rings. The maximum absolute atomic E-state index is 12.5. The molecule has 2 aromatic heterocycles. The largest absolute Gasteiger partial charge is 0.349 e. The van der Waals surface area contributed by atoms with Gasteiger partial charge in [-0.15, -0.1) is 0 Å². The molecular formula is C17H18N6O. The predicted molar refractivity (Wildman–Crippen MR) is 87.4 cm³/mol. The van der Waals surface area contributed by atoms with Crippen LogP contribution >= 0.6 is 0 Å². The summed E-state index contributed by atoms with van der Waals surface area (Å²) in [7, 11) is 0.